The number of ether oxygens (including phenoxy) is 1. The number of benzene rings is 1. The largest absolute Gasteiger partial charge is 0.374 e. The van der Waals surface area contributed by atoms with E-state index >= 15 is 0 Å². The van der Waals surface area contributed by atoms with Crippen LogP contribution in [-0.2, 0) is 9.53 Å². The van der Waals surface area contributed by atoms with Gasteiger partial charge in [0, 0.05) is 30.8 Å². The lowest BCUT2D eigenvalue weighted by molar-refractivity contribution is -0.127. The lowest BCUT2D eigenvalue weighted by Crippen LogP contribution is -2.50. The Hall–Kier alpha value is -2.07. The number of nitrogens with zero attached hydrogens (tertiary/aromatic N) is 2. The molecule has 8 nitrogen and oxygen atoms in total. The van der Waals surface area contributed by atoms with Crippen LogP contribution in [0.3, 0.4) is 0 Å². The van der Waals surface area contributed by atoms with Crippen LogP contribution in [0.25, 0.3) is 10.6 Å². The van der Waals surface area contributed by atoms with Gasteiger partial charge in [0.1, 0.15) is 5.01 Å². The Labute approximate surface area is 214 Å². The van der Waals surface area contributed by atoms with Crippen molar-refractivity contribution in [1.29, 1.82) is 0 Å². The zero-order chi connectivity index (χ0) is 24.6. The first-order valence-electron chi connectivity index (χ1n) is 12.3. The molecule has 3 fully saturated rings. The summed E-state index contributed by atoms with van der Waals surface area (Å²) in [6.07, 6.45) is 4.14. The van der Waals surface area contributed by atoms with E-state index in [0.717, 1.165) is 37.9 Å². The predicted octanol–water partition coefficient (Wildman–Crippen LogP) is 3.42. The van der Waals surface area contributed by atoms with Crippen LogP contribution in [-0.4, -0.2) is 59.4 Å². The van der Waals surface area contributed by atoms with Crippen molar-refractivity contribution in [1.82, 2.24) is 26.1 Å². The van der Waals surface area contributed by atoms with Crippen LogP contribution in [0.5, 0.6) is 0 Å². The molecule has 35 heavy (non-hydrogen) atoms. The molecular formula is C25H32ClN5O3S. The second-order valence-electron chi connectivity index (χ2n) is 10.5. The van der Waals surface area contributed by atoms with Gasteiger partial charge in [0.25, 0.3) is 5.91 Å². The van der Waals surface area contributed by atoms with E-state index in [9.17, 15) is 9.59 Å². The number of nitrogens with one attached hydrogen (secondary N) is 3. The van der Waals surface area contributed by atoms with Gasteiger partial charge >= 0.3 is 0 Å². The second kappa shape index (κ2) is 9.76. The monoisotopic (exact) mass is 517 g/mol. The van der Waals surface area contributed by atoms with Crippen LogP contribution in [0.15, 0.2) is 24.3 Å². The van der Waals surface area contributed by atoms with Crippen molar-refractivity contribution in [2.24, 2.45) is 11.3 Å². The maximum absolute atomic E-state index is 13.4. The van der Waals surface area contributed by atoms with Gasteiger partial charge in [-0.15, -0.1) is 10.2 Å². The summed E-state index contributed by atoms with van der Waals surface area (Å²) >= 11 is 7.49. The van der Waals surface area contributed by atoms with Gasteiger partial charge in [0.2, 0.25) is 10.9 Å². The lowest BCUT2D eigenvalue weighted by Gasteiger charge is -2.37. The number of hydrogen-bond acceptors (Lipinski definition) is 7. The van der Waals surface area contributed by atoms with Crippen LogP contribution >= 0.6 is 22.9 Å². The molecular weight excluding hydrogens is 486 g/mol. The van der Waals surface area contributed by atoms with Crippen LogP contribution in [0.1, 0.15) is 55.8 Å². The van der Waals surface area contributed by atoms with Gasteiger partial charge < -0.3 is 20.7 Å². The molecule has 1 spiro atoms. The Balaban J connectivity index is 1.34. The highest BCUT2D eigenvalue weighted by molar-refractivity contribution is 7.16. The minimum absolute atomic E-state index is 0.0128. The van der Waals surface area contributed by atoms with Crippen LogP contribution in [0.4, 0.5) is 0 Å². The molecule has 10 heteroatoms. The molecule has 2 aromatic rings. The summed E-state index contributed by atoms with van der Waals surface area (Å²) in [7, 11) is 0. The minimum atomic E-state index is -0.429. The molecule has 0 radical (unpaired) electrons. The molecule has 5 rings (SSSR count). The fourth-order valence-electron chi connectivity index (χ4n) is 5.67. The molecule has 2 amide bonds. The number of hydrogen-bond donors (Lipinski definition) is 3. The number of carbonyl (C=O) groups is 2. The smallest absolute Gasteiger partial charge is 0.282 e. The average molecular weight is 518 g/mol. The van der Waals surface area contributed by atoms with Crippen molar-refractivity contribution in [3.8, 4) is 10.6 Å². The fraction of sp³-hybridized carbons (Fsp3) is 0.600. The van der Waals surface area contributed by atoms with Gasteiger partial charge in [-0.2, -0.15) is 0 Å². The molecule has 3 aliphatic rings. The Kier molecular flexibility index (Phi) is 6.87. The van der Waals surface area contributed by atoms with Crippen LogP contribution in [0, 0.1) is 11.3 Å². The van der Waals surface area contributed by atoms with E-state index in [2.05, 4.69) is 40.0 Å². The van der Waals surface area contributed by atoms with Crippen molar-refractivity contribution in [2.75, 3.05) is 19.7 Å². The highest BCUT2D eigenvalue weighted by Gasteiger charge is 2.59. The van der Waals surface area contributed by atoms with E-state index < -0.39 is 5.60 Å². The van der Waals surface area contributed by atoms with Crippen molar-refractivity contribution in [3.63, 3.8) is 0 Å². The Bertz CT molecular complexity index is 1100. The van der Waals surface area contributed by atoms with E-state index in [4.69, 9.17) is 16.3 Å². The summed E-state index contributed by atoms with van der Waals surface area (Å²) in [6.45, 7) is 6.83. The molecule has 2 aliphatic heterocycles. The highest BCUT2D eigenvalue weighted by atomic mass is 35.5. The van der Waals surface area contributed by atoms with Crippen LogP contribution < -0.4 is 16.0 Å². The molecule has 3 heterocycles. The Morgan fingerprint density at radius 1 is 1.20 bits per heavy atom. The quantitative estimate of drug-likeness (QED) is 0.561. The summed E-state index contributed by atoms with van der Waals surface area (Å²) in [5, 5.41) is 19.4. The SMILES string of the molecule is CC1(C)CCO[C@@]12C[C@H](NC(=O)c1nnc(-c3ccccc3Cl)s1)[C@@H](C(=O)N[C@H]1CCCNC1)C2. The maximum Gasteiger partial charge on any atom is 0.282 e. The molecule has 0 bridgehead atoms. The van der Waals surface area contributed by atoms with Gasteiger partial charge in [0.15, 0.2) is 0 Å². The third kappa shape index (κ3) is 4.83. The lowest BCUT2D eigenvalue weighted by atomic mass is 9.73. The number of amides is 2. The molecule has 1 aromatic carbocycles. The molecule has 1 aromatic heterocycles. The summed E-state index contributed by atoms with van der Waals surface area (Å²) < 4.78 is 6.30. The number of carbonyl (C=O) groups excluding carboxylic acids is 2. The molecule has 0 unspecified atom stereocenters. The summed E-state index contributed by atoms with van der Waals surface area (Å²) in [6, 6.07) is 7.12. The molecule has 4 atom stereocenters. The zero-order valence-electron chi connectivity index (χ0n) is 20.1. The maximum atomic E-state index is 13.4. The normalized spacial score (nSPS) is 29.9. The van der Waals surface area contributed by atoms with Crippen molar-refractivity contribution >= 4 is 34.8 Å². The molecule has 3 N–H and O–H groups in total. The number of rotatable bonds is 5. The van der Waals surface area contributed by atoms with Gasteiger partial charge in [-0.3, -0.25) is 9.59 Å². The van der Waals surface area contributed by atoms with E-state index in [1.165, 1.54) is 11.3 Å². The minimum Gasteiger partial charge on any atom is -0.374 e. The van der Waals surface area contributed by atoms with E-state index in [-0.39, 0.29) is 40.2 Å². The number of aromatic nitrogens is 2. The fourth-order valence-corrected chi connectivity index (χ4v) is 6.74. The van der Waals surface area contributed by atoms with E-state index in [1.807, 2.05) is 18.2 Å². The number of piperidine rings is 1. The molecule has 1 aliphatic carbocycles. The Morgan fingerprint density at radius 2 is 2.03 bits per heavy atom. The van der Waals surface area contributed by atoms with Crippen molar-refractivity contribution < 1.29 is 14.3 Å². The highest BCUT2D eigenvalue weighted by Crippen LogP contribution is 2.54. The molecule has 1 saturated carbocycles. The van der Waals surface area contributed by atoms with Crippen molar-refractivity contribution in [3.05, 3.63) is 34.3 Å². The third-order valence-corrected chi connectivity index (χ3v) is 9.23. The first-order chi connectivity index (χ1) is 16.8. The van der Waals surface area contributed by atoms with Gasteiger partial charge in [-0.1, -0.05) is 55.0 Å². The first kappa shape index (κ1) is 24.6. The zero-order valence-corrected chi connectivity index (χ0v) is 21.7. The van der Waals surface area contributed by atoms with Gasteiger partial charge in [-0.25, -0.2) is 0 Å². The van der Waals surface area contributed by atoms with Gasteiger partial charge in [-0.05, 0) is 50.1 Å². The first-order valence-corrected chi connectivity index (χ1v) is 13.5. The standard InChI is InChI=1S/C25H32ClN5O3S/c1-24(2)9-11-34-25(24)12-17(20(32)28-15-6-5-10-27-14-15)19(13-25)29-21(33)23-31-30-22(35-23)16-7-3-4-8-18(16)26/h3-4,7-8,15,17,19,27H,5-6,9-14H2,1-2H3,(H,28,32)(H,29,33)/t15-,17-,19-,25-/m0/s1. The molecule has 188 valence electrons. The summed E-state index contributed by atoms with van der Waals surface area (Å²) in [4.78, 5) is 26.7. The topological polar surface area (TPSA) is 105 Å². The Morgan fingerprint density at radius 3 is 2.74 bits per heavy atom. The second-order valence-corrected chi connectivity index (χ2v) is 11.9. The third-order valence-electron chi connectivity index (χ3n) is 7.94. The molecule has 2 saturated heterocycles. The van der Waals surface area contributed by atoms with E-state index in [0.29, 0.717) is 29.5 Å². The average Bonchev–Trinajstić information content (AvgIpc) is 3.53. The predicted molar refractivity (Wildman–Crippen MR) is 135 cm³/mol. The van der Waals surface area contributed by atoms with E-state index in [1.54, 1.807) is 6.07 Å². The van der Waals surface area contributed by atoms with Crippen molar-refractivity contribution in [2.45, 2.75) is 63.6 Å². The summed E-state index contributed by atoms with van der Waals surface area (Å²) in [5.74, 6) is -0.703. The van der Waals surface area contributed by atoms with Crippen LogP contribution in [0.2, 0.25) is 5.02 Å². The van der Waals surface area contributed by atoms with Gasteiger partial charge in [0.05, 0.1) is 16.5 Å². The summed E-state index contributed by atoms with van der Waals surface area (Å²) in [5.41, 5.74) is 0.240. The number of halogens is 1.